The summed E-state index contributed by atoms with van der Waals surface area (Å²) in [5.41, 5.74) is 2.77. The van der Waals surface area contributed by atoms with Crippen molar-refractivity contribution in [2.45, 2.75) is 6.54 Å². The third-order valence-electron chi connectivity index (χ3n) is 3.16. The molecule has 0 radical (unpaired) electrons. The molecule has 0 bridgehead atoms. The molecule has 3 rings (SSSR count). The first-order valence-corrected chi connectivity index (χ1v) is 9.65. The Labute approximate surface area is 138 Å². The van der Waals surface area contributed by atoms with E-state index in [-0.39, 0.29) is 0 Å². The Kier molecular flexibility index (Phi) is 4.40. The second-order valence-corrected chi connectivity index (χ2v) is 7.49. The van der Waals surface area contributed by atoms with Crippen molar-refractivity contribution in [1.82, 2.24) is 9.55 Å². The number of hydrogen-bond acceptors (Lipinski definition) is 4. The van der Waals surface area contributed by atoms with Gasteiger partial charge in [0.2, 0.25) is 4.80 Å². The Balaban J connectivity index is 2.17. The van der Waals surface area contributed by atoms with Gasteiger partial charge >= 0.3 is 0 Å². The lowest BCUT2D eigenvalue weighted by Crippen LogP contribution is -2.19. The van der Waals surface area contributed by atoms with Crippen molar-refractivity contribution in [3.63, 3.8) is 0 Å². The predicted octanol–water partition coefficient (Wildman–Crippen LogP) is 2.52. The van der Waals surface area contributed by atoms with Gasteiger partial charge in [-0.2, -0.15) is 0 Å². The number of rotatable bonds is 4. The molecule has 0 fully saturated rings. The van der Waals surface area contributed by atoms with E-state index >= 15 is 0 Å². The van der Waals surface area contributed by atoms with Crippen molar-refractivity contribution in [1.29, 1.82) is 0 Å². The highest BCUT2D eigenvalue weighted by molar-refractivity contribution is 7.89. The Morgan fingerprint density at radius 1 is 1.13 bits per heavy atom. The fraction of sp³-hybridized carbons (Fsp3) is 0.125. The van der Waals surface area contributed by atoms with Crippen LogP contribution in [-0.4, -0.2) is 24.2 Å². The molecule has 0 amide bonds. The van der Waals surface area contributed by atoms with Gasteiger partial charge in [-0.3, -0.25) is 4.98 Å². The molecule has 0 atom stereocenters. The molecule has 0 N–H and O–H groups in total. The minimum Gasteiger partial charge on any atom is -0.310 e. The summed E-state index contributed by atoms with van der Waals surface area (Å²) in [6.45, 7) is 0.461. The molecule has 0 aliphatic rings. The Morgan fingerprint density at radius 2 is 1.87 bits per heavy atom. The van der Waals surface area contributed by atoms with Crippen LogP contribution in [0.2, 0.25) is 0 Å². The first kappa shape index (κ1) is 15.6. The van der Waals surface area contributed by atoms with Gasteiger partial charge in [-0.1, -0.05) is 36.4 Å². The normalized spacial score (nSPS) is 12.5. The second kappa shape index (κ2) is 6.47. The quantitative estimate of drug-likeness (QED) is 0.730. The summed E-state index contributed by atoms with van der Waals surface area (Å²) in [5, 5.41) is 1.92. The minimum atomic E-state index is -3.47. The Hall–Kier alpha value is -2.25. The first-order valence-electron chi connectivity index (χ1n) is 6.92. The minimum absolute atomic E-state index is 0.442. The zero-order valence-corrected chi connectivity index (χ0v) is 14.1. The summed E-state index contributed by atoms with van der Waals surface area (Å²) in [7, 11) is -3.47. The van der Waals surface area contributed by atoms with Crippen LogP contribution >= 0.6 is 11.3 Å². The Morgan fingerprint density at radius 3 is 2.52 bits per heavy atom. The average Bonchev–Trinajstić information content (AvgIpc) is 2.90. The maximum atomic E-state index is 11.6. The molecule has 2 heterocycles. The molecule has 1 aromatic carbocycles. The van der Waals surface area contributed by atoms with Crippen LogP contribution in [0.25, 0.3) is 11.3 Å². The van der Waals surface area contributed by atoms with E-state index in [1.54, 1.807) is 6.20 Å². The Bertz CT molecular complexity index is 959. The van der Waals surface area contributed by atoms with Crippen LogP contribution in [0.1, 0.15) is 5.69 Å². The van der Waals surface area contributed by atoms with E-state index in [9.17, 15) is 8.42 Å². The molecule has 0 aliphatic heterocycles. The summed E-state index contributed by atoms with van der Waals surface area (Å²) in [5.74, 6) is 0. The predicted molar refractivity (Wildman–Crippen MR) is 91.5 cm³/mol. The highest BCUT2D eigenvalue weighted by Gasteiger charge is 2.10. The van der Waals surface area contributed by atoms with E-state index in [0.717, 1.165) is 23.2 Å². The standard InChI is InChI=1S/C16H15N3O2S2/c1-23(20,21)18-16-19(11-14-9-5-6-10-17-14)15(12-22-16)13-7-3-2-4-8-13/h2-10,12H,11H2,1H3/b18-16+. The molecule has 0 saturated carbocycles. The van der Waals surface area contributed by atoms with Gasteiger partial charge in [0.05, 0.1) is 24.2 Å². The summed E-state index contributed by atoms with van der Waals surface area (Å²) < 4.78 is 28.9. The number of pyridine rings is 1. The van der Waals surface area contributed by atoms with Gasteiger partial charge in [0.15, 0.2) is 0 Å². The monoisotopic (exact) mass is 345 g/mol. The van der Waals surface area contributed by atoms with Crippen LogP contribution in [0.3, 0.4) is 0 Å². The molecule has 2 aromatic heterocycles. The maximum absolute atomic E-state index is 11.6. The molecule has 23 heavy (non-hydrogen) atoms. The zero-order chi connectivity index (χ0) is 16.3. The van der Waals surface area contributed by atoms with E-state index in [4.69, 9.17) is 0 Å². The molecule has 0 saturated heterocycles. The van der Waals surface area contributed by atoms with Crippen molar-refractivity contribution in [3.8, 4) is 11.3 Å². The van der Waals surface area contributed by atoms with E-state index in [2.05, 4.69) is 9.38 Å². The topological polar surface area (TPSA) is 64.3 Å². The molecule has 0 unspecified atom stereocenters. The highest BCUT2D eigenvalue weighted by Crippen LogP contribution is 2.20. The highest BCUT2D eigenvalue weighted by atomic mass is 32.2. The summed E-state index contributed by atoms with van der Waals surface area (Å²) in [6.07, 6.45) is 2.82. The van der Waals surface area contributed by atoms with Crippen molar-refractivity contribution < 1.29 is 8.42 Å². The van der Waals surface area contributed by atoms with Crippen molar-refractivity contribution in [2.24, 2.45) is 4.40 Å². The number of aromatic nitrogens is 2. The SMILES string of the molecule is CS(=O)(=O)/N=c1/scc(-c2ccccc2)n1Cc1ccccn1. The third kappa shape index (κ3) is 3.94. The smallest absolute Gasteiger partial charge is 0.252 e. The van der Waals surface area contributed by atoms with Crippen LogP contribution < -0.4 is 4.80 Å². The van der Waals surface area contributed by atoms with E-state index in [0.29, 0.717) is 11.3 Å². The summed E-state index contributed by atoms with van der Waals surface area (Å²) in [4.78, 5) is 4.76. The van der Waals surface area contributed by atoms with Crippen molar-refractivity contribution >= 4 is 21.4 Å². The molecule has 0 aliphatic carbocycles. The van der Waals surface area contributed by atoms with Crippen molar-refractivity contribution in [3.05, 3.63) is 70.6 Å². The van der Waals surface area contributed by atoms with Gasteiger partial charge in [-0.15, -0.1) is 15.7 Å². The zero-order valence-electron chi connectivity index (χ0n) is 12.5. The lowest BCUT2D eigenvalue weighted by atomic mass is 10.2. The molecular formula is C16H15N3O2S2. The van der Waals surface area contributed by atoms with Gasteiger partial charge in [0.1, 0.15) is 0 Å². The second-order valence-electron chi connectivity index (χ2n) is 5.00. The molecular weight excluding hydrogens is 330 g/mol. The van der Waals surface area contributed by atoms with Crippen LogP contribution in [0.5, 0.6) is 0 Å². The molecule has 118 valence electrons. The molecule has 5 nitrogen and oxygen atoms in total. The fourth-order valence-electron chi connectivity index (χ4n) is 2.19. The van der Waals surface area contributed by atoms with E-state index < -0.39 is 10.0 Å². The summed E-state index contributed by atoms with van der Waals surface area (Å²) >= 11 is 1.31. The number of thiazole rings is 1. The average molecular weight is 345 g/mol. The number of benzene rings is 1. The number of sulfonamides is 1. The van der Waals surface area contributed by atoms with Crippen LogP contribution in [-0.2, 0) is 16.6 Å². The largest absolute Gasteiger partial charge is 0.310 e. The fourth-order valence-corrected chi connectivity index (χ4v) is 3.92. The molecule has 3 aromatic rings. The van der Waals surface area contributed by atoms with Crippen LogP contribution in [0, 0.1) is 0 Å². The van der Waals surface area contributed by atoms with Gasteiger partial charge in [-0.05, 0) is 17.7 Å². The number of hydrogen-bond donors (Lipinski definition) is 0. The van der Waals surface area contributed by atoms with E-state index in [1.807, 2.05) is 58.5 Å². The van der Waals surface area contributed by atoms with Gasteiger partial charge in [-0.25, -0.2) is 8.42 Å². The van der Waals surface area contributed by atoms with Crippen LogP contribution in [0.4, 0.5) is 0 Å². The molecule has 7 heteroatoms. The lowest BCUT2D eigenvalue weighted by Gasteiger charge is -2.08. The molecule has 0 spiro atoms. The summed E-state index contributed by atoms with van der Waals surface area (Å²) in [6, 6.07) is 15.5. The van der Waals surface area contributed by atoms with Crippen molar-refractivity contribution in [2.75, 3.05) is 6.26 Å². The van der Waals surface area contributed by atoms with Gasteiger partial charge in [0.25, 0.3) is 10.0 Å². The number of nitrogens with zero attached hydrogens (tertiary/aromatic N) is 3. The van der Waals surface area contributed by atoms with Gasteiger partial charge < -0.3 is 4.57 Å². The first-order chi connectivity index (χ1) is 11.0. The van der Waals surface area contributed by atoms with E-state index in [1.165, 1.54) is 11.3 Å². The van der Waals surface area contributed by atoms with Gasteiger partial charge in [0, 0.05) is 11.6 Å². The third-order valence-corrected chi connectivity index (χ3v) is 4.64. The van der Waals surface area contributed by atoms with Crippen LogP contribution in [0.15, 0.2) is 64.5 Å². The lowest BCUT2D eigenvalue weighted by molar-refractivity contribution is 0.601. The maximum Gasteiger partial charge on any atom is 0.252 e.